The van der Waals surface area contributed by atoms with Crippen molar-refractivity contribution in [2.24, 2.45) is 0 Å². The number of hydrogen-bond donors (Lipinski definition) is 0. The number of alkyl halides is 3. The SMILES string of the molecule is CCc1cnc(OCC(F)(F)F)cn1. The van der Waals surface area contributed by atoms with Crippen molar-refractivity contribution < 1.29 is 17.9 Å². The fourth-order valence-corrected chi connectivity index (χ4v) is 0.756. The van der Waals surface area contributed by atoms with Crippen LogP contribution in [-0.4, -0.2) is 22.8 Å². The molecule has 0 bridgehead atoms. The Labute approximate surface area is 78.9 Å². The zero-order valence-electron chi connectivity index (χ0n) is 7.51. The molecule has 0 N–H and O–H groups in total. The van der Waals surface area contributed by atoms with Crippen LogP contribution in [0.2, 0.25) is 0 Å². The van der Waals surface area contributed by atoms with Gasteiger partial charge in [0.15, 0.2) is 6.61 Å². The van der Waals surface area contributed by atoms with E-state index in [1.807, 2.05) is 6.92 Å². The fourth-order valence-electron chi connectivity index (χ4n) is 0.756. The molecule has 0 spiro atoms. The molecular weight excluding hydrogens is 197 g/mol. The molecule has 1 heterocycles. The van der Waals surface area contributed by atoms with Crippen molar-refractivity contribution in [1.29, 1.82) is 0 Å². The van der Waals surface area contributed by atoms with Crippen LogP contribution in [0.4, 0.5) is 13.2 Å². The zero-order valence-corrected chi connectivity index (χ0v) is 7.51. The fraction of sp³-hybridized carbons (Fsp3) is 0.500. The second-order valence-electron chi connectivity index (χ2n) is 2.60. The number of aryl methyl sites for hydroxylation is 1. The van der Waals surface area contributed by atoms with Crippen molar-refractivity contribution in [1.82, 2.24) is 9.97 Å². The van der Waals surface area contributed by atoms with Gasteiger partial charge in [0.25, 0.3) is 0 Å². The van der Waals surface area contributed by atoms with Gasteiger partial charge in [-0.3, -0.25) is 4.98 Å². The molecule has 6 heteroatoms. The van der Waals surface area contributed by atoms with Gasteiger partial charge in [-0.15, -0.1) is 0 Å². The van der Waals surface area contributed by atoms with Crippen LogP contribution in [-0.2, 0) is 6.42 Å². The molecule has 0 fully saturated rings. The van der Waals surface area contributed by atoms with E-state index in [1.54, 1.807) is 0 Å². The second kappa shape index (κ2) is 4.26. The summed E-state index contributed by atoms with van der Waals surface area (Å²) in [5, 5.41) is 0. The van der Waals surface area contributed by atoms with Gasteiger partial charge >= 0.3 is 6.18 Å². The van der Waals surface area contributed by atoms with Crippen LogP contribution in [0.15, 0.2) is 12.4 Å². The Morgan fingerprint density at radius 3 is 2.43 bits per heavy atom. The molecular formula is C8H9F3N2O. The number of halogens is 3. The maximum atomic E-state index is 11.7. The van der Waals surface area contributed by atoms with E-state index in [9.17, 15) is 13.2 Å². The van der Waals surface area contributed by atoms with E-state index in [0.717, 1.165) is 0 Å². The van der Waals surface area contributed by atoms with Gasteiger partial charge in [-0.25, -0.2) is 4.98 Å². The third kappa shape index (κ3) is 3.59. The van der Waals surface area contributed by atoms with Crippen LogP contribution >= 0.6 is 0 Å². The lowest BCUT2D eigenvalue weighted by molar-refractivity contribution is -0.154. The summed E-state index contributed by atoms with van der Waals surface area (Å²) in [6.45, 7) is 0.535. The number of nitrogens with zero attached hydrogens (tertiary/aromatic N) is 2. The second-order valence-corrected chi connectivity index (χ2v) is 2.60. The van der Waals surface area contributed by atoms with Crippen LogP contribution in [0.3, 0.4) is 0 Å². The highest BCUT2D eigenvalue weighted by Gasteiger charge is 2.28. The van der Waals surface area contributed by atoms with E-state index in [0.29, 0.717) is 12.1 Å². The van der Waals surface area contributed by atoms with Gasteiger partial charge < -0.3 is 4.74 Å². The topological polar surface area (TPSA) is 35.0 Å². The number of aromatic nitrogens is 2. The van der Waals surface area contributed by atoms with Crippen LogP contribution in [0.5, 0.6) is 5.88 Å². The van der Waals surface area contributed by atoms with Crippen LogP contribution in [0.25, 0.3) is 0 Å². The predicted octanol–water partition coefficient (Wildman–Crippen LogP) is 1.98. The molecule has 0 atom stereocenters. The molecule has 1 aromatic heterocycles. The predicted molar refractivity (Wildman–Crippen MR) is 43.0 cm³/mol. The van der Waals surface area contributed by atoms with Gasteiger partial charge in [-0.05, 0) is 6.42 Å². The molecule has 0 aliphatic carbocycles. The summed E-state index contributed by atoms with van der Waals surface area (Å²) < 4.78 is 39.5. The molecule has 3 nitrogen and oxygen atoms in total. The Morgan fingerprint density at radius 2 is 2.00 bits per heavy atom. The third-order valence-electron chi connectivity index (χ3n) is 1.43. The maximum Gasteiger partial charge on any atom is 0.422 e. The minimum absolute atomic E-state index is 0.112. The summed E-state index contributed by atoms with van der Waals surface area (Å²) in [6.07, 6.45) is -1.08. The Hall–Kier alpha value is -1.33. The van der Waals surface area contributed by atoms with E-state index in [2.05, 4.69) is 14.7 Å². The molecule has 1 rings (SSSR count). The quantitative estimate of drug-likeness (QED) is 0.758. The molecule has 0 radical (unpaired) electrons. The average Bonchev–Trinajstić information content (AvgIpc) is 2.14. The number of hydrogen-bond acceptors (Lipinski definition) is 3. The van der Waals surface area contributed by atoms with E-state index >= 15 is 0 Å². The Bertz CT molecular complexity index is 284. The molecule has 0 saturated carbocycles. The molecule has 1 aromatic rings. The first-order chi connectivity index (χ1) is 6.51. The highest BCUT2D eigenvalue weighted by molar-refractivity contribution is 5.06. The van der Waals surface area contributed by atoms with E-state index < -0.39 is 12.8 Å². The van der Waals surface area contributed by atoms with Gasteiger partial charge in [-0.1, -0.05) is 6.92 Å². The highest BCUT2D eigenvalue weighted by atomic mass is 19.4. The van der Waals surface area contributed by atoms with Gasteiger partial charge in [0, 0.05) is 0 Å². The molecule has 0 aromatic carbocycles. The van der Waals surface area contributed by atoms with E-state index in [4.69, 9.17) is 0 Å². The normalized spacial score (nSPS) is 11.4. The van der Waals surface area contributed by atoms with Crippen LogP contribution in [0, 0.1) is 0 Å². The molecule has 0 aliphatic heterocycles. The third-order valence-corrected chi connectivity index (χ3v) is 1.43. The summed E-state index contributed by atoms with van der Waals surface area (Å²) in [5.74, 6) is -0.112. The maximum absolute atomic E-state index is 11.7. The number of rotatable bonds is 3. The van der Waals surface area contributed by atoms with E-state index in [-0.39, 0.29) is 5.88 Å². The van der Waals surface area contributed by atoms with Crippen molar-refractivity contribution in [3.63, 3.8) is 0 Å². The van der Waals surface area contributed by atoms with Gasteiger partial charge in [-0.2, -0.15) is 13.2 Å². The lowest BCUT2D eigenvalue weighted by atomic mass is 10.4. The largest absolute Gasteiger partial charge is 0.467 e. The Kier molecular flexibility index (Phi) is 3.27. The monoisotopic (exact) mass is 206 g/mol. The summed E-state index contributed by atoms with van der Waals surface area (Å²) >= 11 is 0. The van der Waals surface area contributed by atoms with E-state index in [1.165, 1.54) is 12.4 Å². The summed E-state index contributed by atoms with van der Waals surface area (Å²) in [4.78, 5) is 7.51. The smallest absolute Gasteiger partial charge is 0.422 e. The standard InChI is InChI=1S/C8H9F3N2O/c1-2-6-3-13-7(4-12-6)14-5-8(9,10)11/h3-4H,2,5H2,1H3. The van der Waals surface area contributed by atoms with Crippen LogP contribution in [0.1, 0.15) is 12.6 Å². The van der Waals surface area contributed by atoms with Crippen LogP contribution < -0.4 is 4.74 Å². The molecule has 14 heavy (non-hydrogen) atoms. The van der Waals surface area contributed by atoms with Gasteiger partial charge in [0.1, 0.15) is 0 Å². The van der Waals surface area contributed by atoms with Crippen molar-refractivity contribution >= 4 is 0 Å². The van der Waals surface area contributed by atoms with Crippen molar-refractivity contribution in [3.8, 4) is 5.88 Å². The average molecular weight is 206 g/mol. The highest BCUT2D eigenvalue weighted by Crippen LogP contribution is 2.16. The van der Waals surface area contributed by atoms with Gasteiger partial charge in [0.2, 0.25) is 5.88 Å². The molecule has 0 aliphatic rings. The summed E-state index contributed by atoms with van der Waals surface area (Å²) in [6, 6.07) is 0. The van der Waals surface area contributed by atoms with Crippen molar-refractivity contribution in [3.05, 3.63) is 18.1 Å². The zero-order chi connectivity index (χ0) is 10.6. The van der Waals surface area contributed by atoms with Gasteiger partial charge in [0.05, 0.1) is 18.1 Å². The molecule has 0 saturated heterocycles. The lowest BCUT2D eigenvalue weighted by Gasteiger charge is -2.07. The number of ether oxygens (including phenoxy) is 1. The molecule has 78 valence electrons. The van der Waals surface area contributed by atoms with Crippen molar-refractivity contribution in [2.75, 3.05) is 6.61 Å². The summed E-state index contributed by atoms with van der Waals surface area (Å²) in [7, 11) is 0. The first-order valence-electron chi connectivity index (χ1n) is 4.01. The summed E-state index contributed by atoms with van der Waals surface area (Å²) in [5.41, 5.74) is 0.712. The molecule has 0 unspecified atom stereocenters. The van der Waals surface area contributed by atoms with Crippen molar-refractivity contribution in [2.45, 2.75) is 19.5 Å². The first kappa shape index (κ1) is 10.7. The molecule has 0 amide bonds. The minimum Gasteiger partial charge on any atom is -0.467 e. The lowest BCUT2D eigenvalue weighted by Crippen LogP contribution is -2.19. The Morgan fingerprint density at radius 1 is 1.29 bits per heavy atom. The minimum atomic E-state index is -4.34. The Balaban J connectivity index is 2.52. The first-order valence-corrected chi connectivity index (χ1v) is 4.01.